The molecular weight excluding hydrogens is 410 g/mol. The van der Waals surface area contributed by atoms with E-state index in [1.165, 1.54) is 17.7 Å². The minimum absolute atomic E-state index is 0.683. The summed E-state index contributed by atoms with van der Waals surface area (Å²) in [6.45, 7) is 8.92. The number of rotatable bonds is 8. The Morgan fingerprint density at radius 3 is 2.18 bits per heavy atom. The summed E-state index contributed by atoms with van der Waals surface area (Å²) in [6, 6.07) is 0.687. The van der Waals surface area contributed by atoms with Crippen LogP contribution >= 0.6 is 22.9 Å². The second kappa shape index (κ2) is 12.3. The number of piperidine rings is 1. The van der Waals surface area contributed by atoms with Crippen molar-refractivity contribution in [2.75, 3.05) is 19.6 Å². The van der Waals surface area contributed by atoms with E-state index in [-0.39, 0.29) is 0 Å². The normalized spacial score (nSPS) is 17.1. The number of aliphatic carboxylic acids is 2. The zero-order chi connectivity index (χ0) is 21.3. The molecule has 2 unspecified atom stereocenters. The van der Waals surface area contributed by atoms with Crippen LogP contribution in [0.3, 0.4) is 0 Å². The van der Waals surface area contributed by atoms with Crippen molar-refractivity contribution in [3.8, 4) is 0 Å². The molecule has 160 valence electrons. The summed E-state index contributed by atoms with van der Waals surface area (Å²) in [4.78, 5) is 27.5. The fourth-order valence-electron chi connectivity index (χ4n) is 2.80. The Bertz CT molecular complexity index is 606. The molecule has 2 atom stereocenters. The highest BCUT2D eigenvalue weighted by Crippen LogP contribution is 2.24. The van der Waals surface area contributed by atoms with Crippen molar-refractivity contribution in [2.24, 2.45) is 5.92 Å². The number of aliphatic hydroxyl groups excluding tert-OH is 2. The molecule has 1 aromatic rings. The van der Waals surface area contributed by atoms with Crippen molar-refractivity contribution in [3.63, 3.8) is 0 Å². The maximum atomic E-state index is 9.77. The smallest absolute Gasteiger partial charge is 0.335 e. The van der Waals surface area contributed by atoms with Crippen molar-refractivity contribution >= 4 is 34.9 Å². The number of halogens is 1. The van der Waals surface area contributed by atoms with Gasteiger partial charge in [-0.2, -0.15) is 0 Å². The van der Waals surface area contributed by atoms with Gasteiger partial charge >= 0.3 is 11.9 Å². The second-order valence-electron chi connectivity index (χ2n) is 6.94. The SMILES string of the molecule is CC(C)CN(Cc1scnc1Cl)C1CCNCC1.O=C(O)C(O)C(O)C(=O)O. The minimum atomic E-state index is -2.27. The molecule has 1 saturated heterocycles. The molecule has 0 aromatic carbocycles. The first-order valence-electron chi connectivity index (χ1n) is 8.97. The molecule has 0 radical (unpaired) electrons. The van der Waals surface area contributed by atoms with Gasteiger partial charge in [-0.05, 0) is 31.8 Å². The lowest BCUT2D eigenvalue weighted by Crippen LogP contribution is -2.44. The highest BCUT2D eigenvalue weighted by Gasteiger charge is 2.29. The first-order valence-corrected chi connectivity index (χ1v) is 10.2. The number of hydrogen-bond acceptors (Lipinski definition) is 8. The summed E-state index contributed by atoms with van der Waals surface area (Å²) >= 11 is 7.79. The predicted molar refractivity (Wildman–Crippen MR) is 106 cm³/mol. The molecule has 1 fully saturated rings. The van der Waals surface area contributed by atoms with Gasteiger partial charge in [-0.15, -0.1) is 11.3 Å². The molecule has 9 nitrogen and oxygen atoms in total. The van der Waals surface area contributed by atoms with Crippen molar-refractivity contribution in [3.05, 3.63) is 15.5 Å². The minimum Gasteiger partial charge on any atom is -0.479 e. The fraction of sp³-hybridized carbons (Fsp3) is 0.706. The Morgan fingerprint density at radius 2 is 1.79 bits per heavy atom. The molecule has 5 N–H and O–H groups in total. The van der Waals surface area contributed by atoms with Crippen LogP contribution in [0.2, 0.25) is 5.15 Å². The topological polar surface area (TPSA) is 143 Å². The van der Waals surface area contributed by atoms with Gasteiger partial charge in [0.1, 0.15) is 5.15 Å². The Morgan fingerprint density at radius 1 is 1.25 bits per heavy atom. The van der Waals surface area contributed by atoms with E-state index in [0.29, 0.717) is 17.1 Å². The number of hydrogen-bond donors (Lipinski definition) is 5. The zero-order valence-electron chi connectivity index (χ0n) is 15.9. The molecule has 0 aliphatic carbocycles. The molecule has 0 bridgehead atoms. The summed E-state index contributed by atoms with van der Waals surface area (Å²) < 4.78 is 0. The van der Waals surface area contributed by atoms with E-state index in [9.17, 15) is 9.59 Å². The van der Waals surface area contributed by atoms with Gasteiger partial charge in [0.25, 0.3) is 0 Å². The molecule has 28 heavy (non-hydrogen) atoms. The number of nitrogens with one attached hydrogen (secondary N) is 1. The van der Waals surface area contributed by atoms with Gasteiger partial charge in [-0.25, -0.2) is 14.6 Å². The lowest BCUT2D eigenvalue weighted by molar-refractivity contribution is -0.165. The third-order valence-electron chi connectivity index (χ3n) is 4.17. The molecule has 2 heterocycles. The van der Waals surface area contributed by atoms with Gasteiger partial charge in [-0.1, -0.05) is 25.4 Å². The van der Waals surface area contributed by atoms with E-state index in [1.807, 2.05) is 5.51 Å². The van der Waals surface area contributed by atoms with Crippen LogP contribution in [-0.2, 0) is 16.1 Å². The predicted octanol–water partition coefficient (Wildman–Crippen LogP) is 0.884. The standard InChI is InChI=1S/C13H22ClN3S.C4H6O6/c1-10(2)7-17(11-3-5-15-6-4-11)8-12-13(14)16-9-18-12;5-1(3(7)8)2(6)4(9)10/h9-11,15H,3-8H2,1-2H3;1-2,5-6H,(H,7,8)(H,9,10). The first kappa shape index (κ1) is 24.7. The maximum Gasteiger partial charge on any atom is 0.335 e. The Kier molecular flexibility index (Phi) is 10.9. The van der Waals surface area contributed by atoms with Gasteiger partial charge < -0.3 is 25.7 Å². The zero-order valence-corrected chi connectivity index (χ0v) is 17.5. The van der Waals surface area contributed by atoms with E-state index in [2.05, 4.69) is 29.0 Å². The van der Waals surface area contributed by atoms with Gasteiger partial charge in [0.05, 0.1) is 10.4 Å². The van der Waals surface area contributed by atoms with E-state index in [4.69, 9.17) is 32.0 Å². The van der Waals surface area contributed by atoms with Crippen molar-refractivity contribution in [2.45, 2.75) is 51.5 Å². The van der Waals surface area contributed by atoms with E-state index in [0.717, 1.165) is 26.2 Å². The summed E-state index contributed by atoms with van der Waals surface area (Å²) in [5.41, 5.74) is 1.84. The van der Waals surface area contributed by atoms with E-state index in [1.54, 1.807) is 11.3 Å². The summed E-state index contributed by atoms with van der Waals surface area (Å²) in [5.74, 6) is -2.85. The number of carbonyl (C=O) groups is 2. The third kappa shape index (κ3) is 8.38. The molecule has 1 aliphatic rings. The summed E-state index contributed by atoms with van der Waals surface area (Å²) in [5, 5.41) is 36.6. The largest absolute Gasteiger partial charge is 0.479 e. The number of aliphatic hydroxyl groups is 2. The molecular formula is C17H28ClN3O6S. The molecule has 1 aliphatic heterocycles. The fourth-order valence-corrected chi connectivity index (χ4v) is 3.77. The van der Waals surface area contributed by atoms with Crippen molar-refractivity contribution < 1.29 is 30.0 Å². The van der Waals surface area contributed by atoms with Crippen LogP contribution in [0.1, 0.15) is 31.6 Å². The Labute approximate surface area is 173 Å². The number of nitrogens with zero attached hydrogens (tertiary/aromatic N) is 2. The van der Waals surface area contributed by atoms with Crippen LogP contribution in [-0.4, -0.2) is 80.1 Å². The van der Waals surface area contributed by atoms with Crippen LogP contribution in [0, 0.1) is 5.92 Å². The van der Waals surface area contributed by atoms with Crippen LogP contribution in [0.15, 0.2) is 5.51 Å². The van der Waals surface area contributed by atoms with Crippen LogP contribution in [0.25, 0.3) is 0 Å². The highest BCUT2D eigenvalue weighted by molar-refractivity contribution is 7.10. The number of aromatic nitrogens is 1. The van der Waals surface area contributed by atoms with Gasteiger partial charge in [0.15, 0.2) is 12.2 Å². The molecule has 0 spiro atoms. The van der Waals surface area contributed by atoms with Gasteiger partial charge in [-0.3, -0.25) is 4.90 Å². The van der Waals surface area contributed by atoms with Crippen LogP contribution in [0.4, 0.5) is 0 Å². The first-order chi connectivity index (χ1) is 13.1. The van der Waals surface area contributed by atoms with Crippen LogP contribution in [0.5, 0.6) is 0 Å². The quantitative estimate of drug-likeness (QED) is 0.400. The molecule has 0 saturated carbocycles. The molecule has 1 aromatic heterocycles. The number of carboxylic acid groups (broad SMARTS) is 2. The van der Waals surface area contributed by atoms with E-state index < -0.39 is 24.1 Å². The van der Waals surface area contributed by atoms with Crippen LogP contribution < -0.4 is 5.32 Å². The average molecular weight is 438 g/mol. The highest BCUT2D eigenvalue weighted by atomic mass is 35.5. The average Bonchev–Trinajstić information content (AvgIpc) is 3.05. The number of thiazole rings is 1. The molecule has 0 amide bonds. The second-order valence-corrected chi connectivity index (χ2v) is 8.23. The Hall–Kier alpha value is -1.30. The maximum absolute atomic E-state index is 9.77. The van der Waals surface area contributed by atoms with Gasteiger partial charge in [0.2, 0.25) is 0 Å². The lowest BCUT2D eigenvalue weighted by atomic mass is 10.0. The van der Waals surface area contributed by atoms with Gasteiger partial charge in [0, 0.05) is 19.1 Å². The van der Waals surface area contributed by atoms with Crippen molar-refractivity contribution in [1.29, 1.82) is 0 Å². The molecule has 11 heteroatoms. The van der Waals surface area contributed by atoms with Crippen molar-refractivity contribution in [1.82, 2.24) is 15.2 Å². The number of carboxylic acids is 2. The Balaban J connectivity index is 0.000000336. The monoisotopic (exact) mass is 437 g/mol. The van der Waals surface area contributed by atoms with E-state index >= 15 is 0 Å². The molecule has 2 rings (SSSR count). The summed E-state index contributed by atoms with van der Waals surface area (Å²) in [7, 11) is 0. The third-order valence-corrected chi connectivity index (χ3v) is 5.42. The summed E-state index contributed by atoms with van der Waals surface area (Å²) in [6.07, 6.45) is -2.05. The lowest BCUT2D eigenvalue weighted by Gasteiger charge is -2.35.